The predicted molar refractivity (Wildman–Crippen MR) is 113 cm³/mol. The van der Waals surface area contributed by atoms with Crippen LogP contribution < -0.4 is 5.32 Å². The van der Waals surface area contributed by atoms with Gasteiger partial charge in [0.05, 0.1) is 24.3 Å². The Kier molecular flexibility index (Phi) is 6.55. The first kappa shape index (κ1) is 21.4. The van der Waals surface area contributed by atoms with E-state index in [4.69, 9.17) is 16.3 Å². The number of nitrogens with zero attached hydrogens (tertiary/aromatic N) is 5. The first-order chi connectivity index (χ1) is 15.0. The molecule has 3 aromatic rings. The first-order valence-electron chi connectivity index (χ1n) is 9.91. The van der Waals surface area contributed by atoms with Crippen LogP contribution in [0.15, 0.2) is 49.2 Å². The lowest BCUT2D eigenvalue weighted by molar-refractivity contribution is -0.0346. The molecule has 1 aliphatic heterocycles. The van der Waals surface area contributed by atoms with Gasteiger partial charge in [0.2, 0.25) is 0 Å². The fourth-order valence-corrected chi connectivity index (χ4v) is 3.93. The maximum atomic E-state index is 14.7. The molecule has 1 N–H and O–H groups in total. The Bertz CT molecular complexity index is 1010. The average molecular weight is 445 g/mol. The zero-order valence-corrected chi connectivity index (χ0v) is 17.7. The maximum absolute atomic E-state index is 14.7. The second-order valence-corrected chi connectivity index (χ2v) is 7.69. The van der Waals surface area contributed by atoms with E-state index >= 15 is 0 Å². The molecule has 2 atom stereocenters. The van der Waals surface area contributed by atoms with Gasteiger partial charge in [0.25, 0.3) is 5.91 Å². The highest BCUT2D eigenvalue weighted by molar-refractivity contribution is 6.31. The lowest BCUT2D eigenvalue weighted by Gasteiger charge is -2.38. The number of rotatable bonds is 6. The summed E-state index contributed by atoms with van der Waals surface area (Å²) in [6.07, 6.45) is 4.40. The summed E-state index contributed by atoms with van der Waals surface area (Å²) in [5.74, 6) is -0.159. The molecule has 1 amide bonds. The largest absolute Gasteiger partial charge is 0.376 e. The number of amides is 1. The van der Waals surface area contributed by atoms with Gasteiger partial charge >= 0.3 is 0 Å². The molecule has 3 heterocycles. The van der Waals surface area contributed by atoms with Crippen LogP contribution in [0.25, 0.3) is 5.82 Å². The molecular formula is C21H22ClFN6O2. The molecular weight excluding hydrogens is 423 g/mol. The molecule has 4 rings (SSSR count). The van der Waals surface area contributed by atoms with E-state index in [9.17, 15) is 9.18 Å². The van der Waals surface area contributed by atoms with Gasteiger partial charge in [0.1, 0.15) is 18.5 Å². The van der Waals surface area contributed by atoms with Crippen LogP contribution in [0.2, 0.25) is 5.02 Å². The molecule has 31 heavy (non-hydrogen) atoms. The molecule has 2 aromatic heterocycles. The van der Waals surface area contributed by atoms with Crippen LogP contribution >= 0.6 is 11.6 Å². The van der Waals surface area contributed by atoms with Gasteiger partial charge in [-0.15, -0.1) is 0 Å². The number of ether oxygens (including phenoxy) is 1. The van der Waals surface area contributed by atoms with Gasteiger partial charge in [-0.1, -0.05) is 17.7 Å². The monoisotopic (exact) mass is 444 g/mol. The third kappa shape index (κ3) is 4.90. The minimum absolute atomic E-state index is 0.00558. The van der Waals surface area contributed by atoms with Crippen molar-refractivity contribution in [3.63, 3.8) is 0 Å². The van der Waals surface area contributed by atoms with Crippen molar-refractivity contribution >= 4 is 17.5 Å². The molecule has 1 saturated heterocycles. The number of nitrogens with one attached hydrogen (secondary N) is 1. The highest BCUT2D eigenvalue weighted by Gasteiger charge is 2.29. The Balaban J connectivity index is 1.51. The van der Waals surface area contributed by atoms with E-state index in [1.54, 1.807) is 24.3 Å². The molecule has 1 aromatic carbocycles. The van der Waals surface area contributed by atoms with Gasteiger partial charge in [-0.2, -0.15) is 5.10 Å². The third-order valence-corrected chi connectivity index (χ3v) is 5.50. The number of benzene rings is 1. The molecule has 0 saturated carbocycles. The van der Waals surface area contributed by atoms with Crippen LogP contribution in [0.4, 0.5) is 4.39 Å². The second kappa shape index (κ2) is 9.51. The van der Waals surface area contributed by atoms with Gasteiger partial charge < -0.3 is 10.1 Å². The van der Waals surface area contributed by atoms with E-state index in [1.165, 1.54) is 29.6 Å². The van der Waals surface area contributed by atoms with E-state index in [0.717, 1.165) is 0 Å². The van der Waals surface area contributed by atoms with Crippen molar-refractivity contribution in [1.82, 2.24) is 30.0 Å². The van der Waals surface area contributed by atoms with Gasteiger partial charge in [-0.3, -0.25) is 9.69 Å². The van der Waals surface area contributed by atoms with E-state index < -0.39 is 11.9 Å². The minimum Gasteiger partial charge on any atom is -0.376 e. The molecule has 0 spiro atoms. The highest BCUT2D eigenvalue weighted by Crippen LogP contribution is 2.31. The van der Waals surface area contributed by atoms with Crippen LogP contribution in [0.1, 0.15) is 28.9 Å². The number of aromatic nitrogens is 4. The first-order valence-corrected chi connectivity index (χ1v) is 10.3. The Morgan fingerprint density at radius 2 is 2.26 bits per heavy atom. The van der Waals surface area contributed by atoms with E-state index in [0.29, 0.717) is 41.7 Å². The summed E-state index contributed by atoms with van der Waals surface area (Å²) in [6, 6.07) is 7.52. The van der Waals surface area contributed by atoms with Crippen LogP contribution in [-0.2, 0) is 4.74 Å². The van der Waals surface area contributed by atoms with Crippen LogP contribution in [0.5, 0.6) is 0 Å². The number of hydrogen-bond acceptors (Lipinski definition) is 6. The van der Waals surface area contributed by atoms with Gasteiger partial charge in [0, 0.05) is 36.4 Å². The summed E-state index contributed by atoms with van der Waals surface area (Å²) in [4.78, 5) is 22.9. The Hall–Kier alpha value is -2.88. The van der Waals surface area contributed by atoms with Crippen molar-refractivity contribution in [3.05, 3.63) is 71.2 Å². The summed E-state index contributed by atoms with van der Waals surface area (Å²) in [6.45, 7) is 3.92. The van der Waals surface area contributed by atoms with Gasteiger partial charge in [-0.05, 0) is 31.2 Å². The zero-order chi connectivity index (χ0) is 21.8. The standard InChI is InChI=1S/C21H22ClFN6O2/c1-14-11-28(7-8-31-14)18(20-16(22)3-2-4-17(20)23)10-26-21(30)15-5-6-19(25-9-15)29-13-24-12-27-29/h2-6,9,12-14,18H,7-8,10-11H2,1H3,(H,26,30). The van der Waals surface area contributed by atoms with Crippen molar-refractivity contribution < 1.29 is 13.9 Å². The number of carbonyl (C=O) groups excluding carboxylic acids is 1. The van der Waals surface area contributed by atoms with E-state index in [1.807, 2.05) is 6.92 Å². The molecule has 1 aliphatic rings. The molecule has 8 nitrogen and oxygen atoms in total. The number of pyridine rings is 1. The van der Waals surface area contributed by atoms with Crippen LogP contribution in [-0.4, -0.2) is 62.9 Å². The summed E-state index contributed by atoms with van der Waals surface area (Å²) in [7, 11) is 0. The smallest absolute Gasteiger partial charge is 0.252 e. The predicted octanol–water partition coefficient (Wildman–Crippen LogP) is 2.65. The molecule has 10 heteroatoms. The zero-order valence-electron chi connectivity index (χ0n) is 16.9. The molecule has 1 fully saturated rings. The maximum Gasteiger partial charge on any atom is 0.252 e. The second-order valence-electron chi connectivity index (χ2n) is 7.28. The fraction of sp³-hybridized carbons (Fsp3) is 0.333. The van der Waals surface area contributed by atoms with Crippen LogP contribution in [0.3, 0.4) is 0 Å². The molecule has 0 bridgehead atoms. The molecule has 0 radical (unpaired) electrons. The van der Waals surface area contributed by atoms with Gasteiger partial charge in [-0.25, -0.2) is 19.0 Å². The van der Waals surface area contributed by atoms with E-state index in [2.05, 4.69) is 25.3 Å². The van der Waals surface area contributed by atoms with Crippen molar-refractivity contribution in [3.8, 4) is 5.82 Å². The molecule has 2 unspecified atom stereocenters. The summed E-state index contributed by atoms with van der Waals surface area (Å²) in [5, 5.41) is 7.23. The number of carbonyl (C=O) groups is 1. The number of morpholine rings is 1. The molecule has 0 aliphatic carbocycles. The summed E-state index contributed by atoms with van der Waals surface area (Å²) < 4.78 is 21.8. The van der Waals surface area contributed by atoms with Crippen LogP contribution in [0, 0.1) is 5.82 Å². The van der Waals surface area contributed by atoms with Crippen molar-refractivity contribution in [2.75, 3.05) is 26.2 Å². The molecule has 162 valence electrons. The topological polar surface area (TPSA) is 85.2 Å². The quantitative estimate of drug-likeness (QED) is 0.629. The third-order valence-electron chi connectivity index (χ3n) is 5.17. The summed E-state index contributed by atoms with van der Waals surface area (Å²) >= 11 is 6.34. The lowest BCUT2D eigenvalue weighted by Crippen LogP contribution is -2.47. The Morgan fingerprint density at radius 3 is 2.94 bits per heavy atom. The van der Waals surface area contributed by atoms with Gasteiger partial charge in [0.15, 0.2) is 5.82 Å². The highest BCUT2D eigenvalue weighted by atomic mass is 35.5. The minimum atomic E-state index is -0.425. The van der Waals surface area contributed by atoms with E-state index in [-0.39, 0.29) is 18.6 Å². The van der Waals surface area contributed by atoms with Crippen molar-refractivity contribution in [2.24, 2.45) is 0 Å². The number of hydrogen-bond donors (Lipinski definition) is 1. The average Bonchev–Trinajstić information content (AvgIpc) is 3.30. The fourth-order valence-electron chi connectivity index (χ4n) is 3.65. The normalized spacial score (nSPS) is 18.0. The Morgan fingerprint density at radius 1 is 1.39 bits per heavy atom. The summed E-state index contributed by atoms with van der Waals surface area (Å²) in [5.41, 5.74) is 0.760. The SMILES string of the molecule is CC1CN(C(CNC(=O)c2ccc(-n3cncn3)nc2)c2c(F)cccc2Cl)CCO1. The van der Waals surface area contributed by atoms with Crippen molar-refractivity contribution in [1.29, 1.82) is 0 Å². The Labute approximate surface area is 184 Å². The number of halogens is 2. The van der Waals surface area contributed by atoms with Crippen molar-refractivity contribution in [2.45, 2.75) is 19.1 Å². The lowest BCUT2D eigenvalue weighted by atomic mass is 10.0.